The number of carbonyl (C=O) groups is 2. The van der Waals surface area contributed by atoms with E-state index < -0.39 is 5.97 Å². The zero-order valence-electron chi connectivity index (χ0n) is 12.8. The summed E-state index contributed by atoms with van der Waals surface area (Å²) in [6, 6.07) is 9.39. The van der Waals surface area contributed by atoms with Crippen molar-refractivity contribution in [1.29, 1.82) is 0 Å². The van der Waals surface area contributed by atoms with Crippen LogP contribution in [-0.4, -0.2) is 39.5 Å². The van der Waals surface area contributed by atoms with Gasteiger partial charge in [0, 0.05) is 17.6 Å². The van der Waals surface area contributed by atoms with Crippen molar-refractivity contribution in [2.45, 2.75) is 32.7 Å². The molecule has 5 heteroatoms. The maximum atomic E-state index is 12.5. The number of hydrogen-bond donors (Lipinski definition) is 1. The molecule has 1 amide bonds. The molecule has 116 valence electrons. The summed E-state index contributed by atoms with van der Waals surface area (Å²) in [7, 11) is 0. The van der Waals surface area contributed by atoms with Crippen LogP contribution in [0, 0.1) is 0 Å². The summed E-state index contributed by atoms with van der Waals surface area (Å²) in [4.78, 5) is 29.3. The van der Waals surface area contributed by atoms with Gasteiger partial charge in [0.05, 0.1) is 11.9 Å². The van der Waals surface area contributed by atoms with Crippen molar-refractivity contribution < 1.29 is 14.7 Å². The third-order valence-corrected chi connectivity index (χ3v) is 3.81. The van der Waals surface area contributed by atoms with Gasteiger partial charge in [0.25, 0.3) is 0 Å². The second-order valence-corrected chi connectivity index (χ2v) is 5.34. The first-order valence-corrected chi connectivity index (χ1v) is 7.36. The van der Waals surface area contributed by atoms with Crippen molar-refractivity contribution in [1.82, 2.24) is 9.88 Å². The molecule has 0 aliphatic heterocycles. The maximum absolute atomic E-state index is 12.5. The van der Waals surface area contributed by atoms with Crippen molar-refractivity contribution >= 4 is 22.8 Å². The molecular formula is C17H20N2O3. The first-order valence-electron chi connectivity index (χ1n) is 7.36. The molecule has 0 spiro atoms. The van der Waals surface area contributed by atoms with E-state index in [2.05, 4.69) is 4.98 Å². The molecule has 0 aliphatic rings. The number of pyridine rings is 1. The van der Waals surface area contributed by atoms with Gasteiger partial charge < -0.3 is 10.0 Å². The number of carbonyl (C=O) groups excluding carboxylic acids is 1. The van der Waals surface area contributed by atoms with E-state index in [1.54, 1.807) is 6.20 Å². The monoisotopic (exact) mass is 300 g/mol. The van der Waals surface area contributed by atoms with E-state index in [9.17, 15) is 9.59 Å². The smallest absolute Gasteiger partial charge is 0.323 e. The normalized spacial score (nSPS) is 12.1. The largest absolute Gasteiger partial charge is 0.480 e. The van der Waals surface area contributed by atoms with Gasteiger partial charge >= 0.3 is 5.97 Å². The summed E-state index contributed by atoms with van der Waals surface area (Å²) < 4.78 is 0. The fraction of sp³-hybridized carbons (Fsp3) is 0.353. The van der Waals surface area contributed by atoms with Gasteiger partial charge in [-0.2, -0.15) is 0 Å². The highest BCUT2D eigenvalue weighted by Crippen LogP contribution is 2.18. The Bertz CT molecular complexity index is 679. The number of amides is 1. The van der Waals surface area contributed by atoms with Gasteiger partial charge in [0.1, 0.15) is 6.54 Å². The van der Waals surface area contributed by atoms with Gasteiger partial charge in [-0.05, 0) is 25.0 Å². The van der Waals surface area contributed by atoms with Crippen LogP contribution in [0.5, 0.6) is 0 Å². The molecule has 0 bridgehead atoms. The zero-order chi connectivity index (χ0) is 16.1. The Kier molecular flexibility index (Phi) is 5.09. The Hall–Kier alpha value is -2.43. The highest BCUT2D eigenvalue weighted by atomic mass is 16.4. The SMILES string of the molecule is CCC(C)N(CC(=O)O)C(=O)Cc1cccc2cccnc12. The Morgan fingerprint density at radius 1 is 1.27 bits per heavy atom. The van der Waals surface area contributed by atoms with Gasteiger partial charge in [-0.25, -0.2) is 0 Å². The lowest BCUT2D eigenvalue weighted by atomic mass is 10.1. The van der Waals surface area contributed by atoms with Crippen LogP contribution in [0.25, 0.3) is 10.9 Å². The highest BCUT2D eigenvalue weighted by Gasteiger charge is 2.22. The summed E-state index contributed by atoms with van der Waals surface area (Å²) in [5.74, 6) is -1.18. The van der Waals surface area contributed by atoms with Crippen LogP contribution in [0.15, 0.2) is 36.5 Å². The molecule has 1 N–H and O–H groups in total. The number of fused-ring (bicyclic) bond motifs is 1. The quantitative estimate of drug-likeness (QED) is 0.889. The Labute approximate surface area is 129 Å². The van der Waals surface area contributed by atoms with Crippen molar-refractivity contribution in [3.8, 4) is 0 Å². The molecule has 0 saturated carbocycles. The Morgan fingerprint density at radius 2 is 2.00 bits per heavy atom. The first kappa shape index (κ1) is 15.9. The third-order valence-electron chi connectivity index (χ3n) is 3.81. The van der Waals surface area contributed by atoms with Crippen molar-refractivity contribution in [2.24, 2.45) is 0 Å². The molecule has 1 heterocycles. The number of carboxylic acids is 1. The molecule has 1 unspecified atom stereocenters. The second-order valence-electron chi connectivity index (χ2n) is 5.34. The van der Waals surface area contributed by atoms with Crippen LogP contribution < -0.4 is 0 Å². The minimum absolute atomic E-state index is 0.105. The van der Waals surface area contributed by atoms with Crippen molar-refractivity contribution in [3.05, 3.63) is 42.1 Å². The average Bonchev–Trinajstić information content (AvgIpc) is 2.52. The lowest BCUT2D eigenvalue weighted by molar-refractivity contribution is -0.145. The number of aliphatic carboxylic acids is 1. The van der Waals surface area contributed by atoms with Crippen LogP contribution in [0.2, 0.25) is 0 Å². The molecule has 1 aromatic heterocycles. The van der Waals surface area contributed by atoms with Crippen LogP contribution in [0.3, 0.4) is 0 Å². The number of hydrogen-bond acceptors (Lipinski definition) is 3. The average molecular weight is 300 g/mol. The van der Waals surface area contributed by atoms with Crippen LogP contribution in [-0.2, 0) is 16.0 Å². The molecular weight excluding hydrogens is 280 g/mol. The van der Waals surface area contributed by atoms with Gasteiger partial charge in [-0.1, -0.05) is 31.2 Å². The van der Waals surface area contributed by atoms with Gasteiger partial charge in [-0.15, -0.1) is 0 Å². The molecule has 1 aromatic carbocycles. The van der Waals surface area contributed by atoms with Gasteiger partial charge in [0.2, 0.25) is 5.91 Å². The van der Waals surface area contributed by atoms with Crippen LogP contribution in [0.4, 0.5) is 0 Å². The Morgan fingerprint density at radius 3 is 2.68 bits per heavy atom. The fourth-order valence-electron chi connectivity index (χ4n) is 2.43. The predicted octanol–water partition coefficient (Wildman–Crippen LogP) is 2.49. The summed E-state index contributed by atoms with van der Waals surface area (Å²) in [5, 5.41) is 9.98. The summed E-state index contributed by atoms with van der Waals surface area (Å²) in [6.07, 6.45) is 2.57. The van der Waals surface area contributed by atoms with Crippen LogP contribution >= 0.6 is 0 Å². The minimum atomic E-state index is -0.996. The first-order chi connectivity index (χ1) is 10.5. The van der Waals surface area contributed by atoms with E-state index in [0.717, 1.165) is 16.5 Å². The molecule has 5 nitrogen and oxygen atoms in total. The van der Waals surface area contributed by atoms with E-state index in [-0.39, 0.29) is 24.9 Å². The lowest BCUT2D eigenvalue weighted by Crippen LogP contribution is -2.42. The van der Waals surface area contributed by atoms with Crippen molar-refractivity contribution in [3.63, 3.8) is 0 Å². The predicted molar refractivity (Wildman–Crippen MR) is 84.5 cm³/mol. The molecule has 0 radical (unpaired) electrons. The molecule has 22 heavy (non-hydrogen) atoms. The molecule has 0 saturated heterocycles. The second kappa shape index (κ2) is 7.02. The lowest BCUT2D eigenvalue weighted by Gasteiger charge is -2.27. The van der Waals surface area contributed by atoms with Crippen molar-refractivity contribution in [2.75, 3.05) is 6.54 Å². The summed E-state index contributed by atoms with van der Waals surface area (Å²) in [5.41, 5.74) is 1.61. The van der Waals surface area contributed by atoms with E-state index >= 15 is 0 Å². The number of para-hydroxylation sites is 1. The van der Waals surface area contributed by atoms with Gasteiger partial charge in [-0.3, -0.25) is 14.6 Å². The summed E-state index contributed by atoms with van der Waals surface area (Å²) in [6.45, 7) is 3.53. The molecule has 0 fully saturated rings. The summed E-state index contributed by atoms with van der Waals surface area (Å²) >= 11 is 0. The molecule has 1 atom stereocenters. The number of aromatic nitrogens is 1. The number of rotatable bonds is 6. The third kappa shape index (κ3) is 3.61. The highest BCUT2D eigenvalue weighted by molar-refractivity contribution is 5.89. The maximum Gasteiger partial charge on any atom is 0.323 e. The van der Waals surface area contributed by atoms with E-state index in [1.165, 1.54) is 4.90 Å². The van der Waals surface area contributed by atoms with E-state index in [1.807, 2.05) is 44.2 Å². The number of carboxylic acid groups (broad SMARTS) is 1. The zero-order valence-corrected chi connectivity index (χ0v) is 12.8. The van der Waals surface area contributed by atoms with E-state index in [0.29, 0.717) is 6.42 Å². The molecule has 0 aliphatic carbocycles. The Balaban J connectivity index is 2.26. The molecule has 2 aromatic rings. The molecule has 2 rings (SSSR count). The fourth-order valence-corrected chi connectivity index (χ4v) is 2.43. The van der Waals surface area contributed by atoms with Gasteiger partial charge in [0.15, 0.2) is 0 Å². The number of nitrogens with zero attached hydrogens (tertiary/aromatic N) is 2. The standard InChI is InChI=1S/C17H20N2O3/c1-3-12(2)19(11-16(21)22)15(20)10-14-7-4-6-13-8-5-9-18-17(13)14/h4-9,12H,3,10-11H2,1-2H3,(H,21,22). The minimum Gasteiger partial charge on any atom is -0.480 e. The topological polar surface area (TPSA) is 70.5 Å². The van der Waals surface area contributed by atoms with Crippen LogP contribution in [0.1, 0.15) is 25.8 Å². The number of benzene rings is 1. The van der Waals surface area contributed by atoms with E-state index in [4.69, 9.17) is 5.11 Å².